The topological polar surface area (TPSA) is 134 Å². The molecule has 0 aliphatic carbocycles. The summed E-state index contributed by atoms with van der Waals surface area (Å²) in [5.41, 5.74) is 5.33. The van der Waals surface area contributed by atoms with Crippen molar-refractivity contribution in [2.24, 2.45) is 11.7 Å². The van der Waals surface area contributed by atoms with E-state index in [1.165, 1.54) is 4.90 Å². The SMILES string of the molecule is CC(C)C[C@H](NC(=O)[C@@H]1CCCN1)C(=O)NCC(=O)N1CCC[C@@H]1C(N)=O. The molecule has 0 unspecified atom stereocenters. The predicted octanol–water partition coefficient (Wildman–Crippen LogP) is -1.14. The summed E-state index contributed by atoms with van der Waals surface area (Å²) in [6, 6.07) is -1.57. The fraction of sp³-hybridized carbons (Fsp3) is 0.778. The molecule has 2 aliphatic rings. The van der Waals surface area contributed by atoms with E-state index < -0.39 is 23.9 Å². The van der Waals surface area contributed by atoms with E-state index in [0.717, 1.165) is 19.4 Å². The second-order valence-corrected chi connectivity index (χ2v) is 7.70. The van der Waals surface area contributed by atoms with Crippen LogP contribution in [0.25, 0.3) is 0 Å². The minimum atomic E-state index is -0.696. The third-order valence-electron chi connectivity index (χ3n) is 5.03. The average molecular weight is 381 g/mol. The molecule has 2 fully saturated rings. The number of amides is 4. The highest BCUT2D eigenvalue weighted by atomic mass is 16.2. The van der Waals surface area contributed by atoms with Crippen molar-refractivity contribution in [2.45, 2.75) is 64.1 Å². The zero-order chi connectivity index (χ0) is 20.0. The van der Waals surface area contributed by atoms with Gasteiger partial charge in [0.15, 0.2) is 0 Å². The molecule has 0 radical (unpaired) electrons. The quantitative estimate of drug-likeness (QED) is 0.422. The Hall–Kier alpha value is -2.16. The molecular formula is C18H31N5O4. The first-order valence-electron chi connectivity index (χ1n) is 9.69. The fourth-order valence-corrected chi connectivity index (χ4v) is 3.63. The molecule has 4 amide bonds. The molecule has 9 nitrogen and oxygen atoms in total. The maximum absolute atomic E-state index is 12.6. The number of likely N-dealkylation sites (tertiary alicyclic amines) is 1. The standard InChI is InChI=1S/C18H31N5O4/c1-11(2)9-13(22-18(27)12-5-3-7-20-12)17(26)21-10-15(24)23-8-4-6-14(23)16(19)25/h11-14,20H,3-10H2,1-2H3,(H2,19,25)(H,21,26)(H,22,27)/t12-,13-,14+/m0/s1. The van der Waals surface area contributed by atoms with Crippen LogP contribution in [0, 0.1) is 5.92 Å². The zero-order valence-electron chi connectivity index (χ0n) is 16.1. The summed E-state index contributed by atoms with van der Waals surface area (Å²) >= 11 is 0. The Morgan fingerprint density at radius 2 is 1.93 bits per heavy atom. The van der Waals surface area contributed by atoms with Gasteiger partial charge < -0.3 is 26.6 Å². The van der Waals surface area contributed by atoms with Crippen molar-refractivity contribution >= 4 is 23.6 Å². The summed E-state index contributed by atoms with van der Waals surface area (Å²) in [4.78, 5) is 50.1. The van der Waals surface area contributed by atoms with Crippen molar-refractivity contribution in [1.82, 2.24) is 20.9 Å². The first-order chi connectivity index (χ1) is 12.8. The van der Waals surface area contributed by atoms with Gasteiger partial charge in [-0.1, -0.05) is 13.8 Å². The third-order valence-corrected chi connectivity index (χ3v) is 5.03. The summed E-state index contributed by atoms with van der Waals surface area (Å²) in [6.07, 6.45) is 3.43. The van der Waals surface area contributed by atoms with Crippen LogP contribution in [0.2, 0.25) is 0 Å². The van der Waals surface area contributed by atoms with E-state index in [1.807, 2.05) is 13.8 Å². The van der Waals surface area contributed by atoms with Crippen LogP contribution < -0.4 is 21.7 Å². The van der Waals surface area contributed by atoms with Gasteiger partial charge in [0.05, 0.1) is 12.6 Å². The van der Waals surface area contributed by atoms with Gasteiger partial charge in [0.2, 0.25) is 23.6 Å². The number of nitrogens with zero attached hydrogens (tertiary/aromatic N) is 1. The first kappa shape index (κ1) is 21.1. The summed E-state index contributed by atoms with van der Waals surface area (Å²) in [5, 5.41) is 8.51. The van der Waals surface area contributed by atoms with Crippen LogP contribution in [0.4, 0.5) is 0 Å². The van der Waals surface area contributed by atoms with Crippen LogP contribution in [-0.4, -0.2) is 66.3 Å². The van der Waals surface area contributed by atoms with Gasteiger partial charge in [-0.3, -0.25) is 19.2 Å². The first-order valence-corrected chi connectivity index (χ1v) is 9.69. The van der Waals surface area contributed by atoms with Gasteiger partial charge in [0.1, 0.15) is 12.1 Å². The highest BCUT2D eigenvalue weighted by Crippen LogP contribution is 2.16. The molecule has 2 heterocycles. The lowest BCUT2D eigenvalue weighted by Gasteiger charge is -2.24. The molecule has 0 bridgehead atoms. The molecule has 2 rings (SSSR count). The van der Waals surface area contributed by atoms with Crippen LogP contribution in [0.1, 0.15) is 46.0 Å². The van der Waals surface area contributed by atoms with E-state index in [0.29, 0.717) is 25.8 Å². The minimum Gasteiger partial charge on any atom is -0.368 e. The molecule has 2 saturated heterocycles. The maximum atomic E-state index is 12.6. The summed E-state index contributed by atoms with van der Waals surface area (Å²) in [7, 11) is 0. The highest BCUT2D eigenvalue weighted by molar-refractivity contribution is 5.93. The molecule has 152 valence electrons. The Morgan fingerprint density at radius 1 is 1.19 bits per heavy atom. The molecule has 0 saturated carbocycles. The van der Waals surface area contributed by atoms with Gasteiger partial charge in [-0.15, -0.1) is 0 Å². The van der Waals surface area contributed by atoms with Crippen LogP contribution >= 0.6 is 0 Å². The van der Waals surface area contributed by atoms with Gasteiger partial charge in [0.25, 0.3) is 0 Å². The van der Waals surface area contributed by atoms with E-state index in [1.54, 1.807) is 0 Å². The Morgan fingerprint density at radius 3 is 2.52 bits per heavy atom. The average Bonchev–Trinajstić information content (AvgIpc) is 3.29. The Balaban J connectivity index is 1.89. The number of carbonyl (C=O) groups excluding carboxylic acids is 4. The highest BCUT2D eigenvalue weighted by Gasteiger charge is 2.33. The molecular weight excluding hydrogens is 350 g/mol. The van der Waals surface area contributed by atoms with E-state index in [-0.39, 0.29) is 30.3 Å². The lowest BCUT2D eigenvalue weighted by atomic mass is 10.0. The number of primary amides is 1. The van der Waals surface area contributed by atoms with E-state index in [4.69, 9.17) is 5.73 Å². The van der Waals surface area contributed by atoms with Crippen LogP contribution in [0.15, 0.2) is 0 Å². The van der Waals surface area contributed by atoms with Crippen molar-refractivity contribution < 1.29 is 19.2 Å². The van der Waals surface area contributed by atoms with Crippen LogP contribution in [0.3, 0.4) is 0 Å². The van der Waals surface area contributed by atoms with E-state index >= 15 is 0 Å². The summed E-state index contributed by atoms with van der Waals surface area (Å²) in [5.74, 6) is -1.24. The molecule has 0 aromatic heterocycles. The second-order valence-electron chi connectivity index (χ2n) is 7.70. The molecule has 0 aromatic rings. The van der Waals surface area contributed by atoms with Crippen LogP contribution in [-0.2, 0) is 19.2 Å². The lowest BCUT2D eigenvalue weighted by molar-refractivity contribution is -0.138. The van der Waals surface area contributed by atoms with Crippen molar-refractivity contribution in [3.05, 3.63) is 0 Å². The fourth-order valence-electron chi connectivity index (χ4n) is 3.63. The monoisotopic (exact) mass is 381 g/mol. The van der Waals surface area contributed by atoms with Crippen molar-refractivity contribution in [3.8, 4) is 0 Å². The van der Waals surface area contributed by atoms with Gasteiger partial charge in [0, 0.05) is 6.54 Å². The van der Waals surface area contributed by atoms with E-state index in [9.17, 15) is 19.2 Å². The largest absolute Gasteiger partial charge is 0.368 e. The Labute approximate surface area is 159 Å². The lowest BCUT2D eigenvalue weighted by Crippen LogP contribution is -2.54. The van der Waals surface area contributed by atoms with Crippen molar-refractivity contribution in [2.75, 3.05) is 19.6 Å². The Kier molecular flexibility index (Phi) is 7.58. The molecule has 2 aliphatic heterocycles. The summed E-state index contributed by atoms with van der Waals surface area (Å²) < 4.78 is 0. The van der Waals surface area contributed by atoms with Crippen LogP contribution in [0.5, 0.6) is 0 Å². The van der Waals surface area contributed by atoms with Gasteiger partial charge in [-0.05, 0) is 44.6 Å². The number of hydrogen-bond acceptors (Lipinski definition) is 5. The molecule has 0 spiro atoms. The minimum absolute atomic E-state index is 0.187. The van der Waals surface area contributed by atoms with Gasteiger partial charge in [-0.25, -0.2) is 0 Å². The van der Waals surface area contributed by atoms with E-state index in [2.05, 4.69) is 16.0 Å². The van der Waals surface area contributed by atoms with Crippen molar-refractivity contribution in [1.29, 1.82) is 0 Å². The van der Waals surface area contributed by atoms with Crippen molar-refractivity contribution in [3.63, 3.8) is 0 Å². The summed E-state index contributed by atoms with van der Waals surface area (Å²) in [6.45, 7) is 4.97. The predicted molar refractivity (Wildman–Crippen MR) is 99.3 cm³/mol. The number of carbonyl (C=O) groups is 4. The normalized spacial score (nSPS) is 23.3. The second kappa shape index (κ2) is 9.68. The number of hydrogen-bond donors (Lipinski definition) is 4. The Bertz CT molecular complexity index is 574. The molecule has 5 N–H and O–H groups in total. The van der Waals surface area contributed by atoms with Gasteiger partial charge in [-0.2, -0.15) is 0 Å². The number of nitrogens with two attached hydrogens (primary N) is 1. The molecule has 9 heteroatoms. The van der Waals surface area contributed by atoms with Gasteiger partial charge >= 0.3 is 0 Å². The maximum Gasteiger partial charge on any atom is 0.243 e. The number of rotatable bonds is 8. The molecule has 27 heavy (non-hydrogen) atoms. The molecule has 0 aromatic carbocycles. The smallest absolute Gasteiger partial charge is 0.243 e. The third kappa shape index (κ3) is 5.92. The zero-order valence-corrected chi connectivity index (χ0v) is 16.1. The number of nitrogens with one attached hydrogen (secondary N) is 3. The molecule has 3 atom stereocenters.